The molecule has 2 aromatic rings. The third-order valence-electron chi connectivity index (χ3n) is 5.20. The van der Waals surface area contributed by atoms with Crippen LogP contribution in [0.25, 0.3) is 0 Å². The number of carbonyl (C=O) groups excluding carboxylic acids is 2. The van der Waals surface area contributed by atoms with Crippen LogP contribution in [0.5, 0.6) is 0 Å². The molecule has 0 atom stereocenters. The number of sulfonamides is 1. The fourth-order valence-corrected chi connectivity index (χ4v) is 5.46. The Hall–Kier alpha value is -1.84. The number of piperidine rings is 1. The number of benzene rings is 2. The van der Waals surface area contributed by atoms with Gasteiger partial charge < -0.3 is 10.1 Å². The number of methoxy groups -OCH3 is 1. The molecule has 1 saturated heterocycles. The van der Waals surface area contributed by atoms with Crippen LogP contribution in [0, 0.1) is 5.92 Å². The summed E-state index contributed by atoms with van der Waals surface area (Å²) in [6.45, 7) is 0.440. The molecule has 0 bridgehead atoms. The van der Waals surface area contributed by atoms with Crippen LogP contribution in [0.15, 0.2) is 36.4 Å². The van der Waals surface area contributed by atoms with Crippen molar-refractivity contribution in [2.75, 3.05) is 25.5 Å². The standard InChI is InChI=1S/C21H21Cl3N2O5S/c1-31-21(28)15-3-5-17(23)19(11-15)25-20(27)14-6-8-26(9-7-14)32(29,30)12-13-2-4-16(22)18(24)10-13/h2-5,10-11,14H,6-9,12H2,1H3,(H,25,27). The molecule has 1 aliphatic heterocycles. The van der Waals surface area contributed by atoms with E-state index < -0.39 is 16.0 Å². The van der Waals surface area contributed by atoms with Crippen LogP contribution < -0.4 is 5.32 Å². The van der Waals surface area contributed by atoms with E-state index in [0.29, 0.717) is 34.1 Å². The second kappa shape index (κ2) is 10.4. The van der Waals surface area contributed by atoms with Crippen LogP contribution in [0.1, 0.15) is 28.8 Å². The Balaban J connectivity index is 1.61. The first kappa shape index (κ1) is 24.8. The van der Waals surface area contributed by atoms with Crippen LogP contribution in [0.3, 0.4) is 0 Å². The van der Waals surface area contributed by atoms with E-state index in [1.165, 1.54) is 35.7 Å². The smallest absolute Gasteiger partial charge is 0.337 e. The zero-order chi connectivity index (χ0) is 23.5. The number of rotatable bonds is 6. The molecule has 0 aromatic heterocycles. The van der Waals surface area contributed by atoms with Gasteiger partial charge in [-0.25, -0.2) is 17.5 Å². The maximum absolute atomic E-state index is 12.8. The predicted octanol–water partition coefficient (Wildman–Crippen LogP) is 4.61. The lowest BCUT2D eigenvalue weighted by molar-refractivity contribution is -0.120. The van der Waals surface area contributed by atoms with Gasteiger partial charge in [0.25, 0.3) is 0 Å². The summed E-state index contributed by atoms with van der Waals surface area (Å²) < 4.78 is 31.6. The van der Waals surface area contributed by atoms with E-state index in [1.807, 2.05) is 0 Å². The van der Waals surface area contributed by atoms with Gasteiger partial charge in [0.15, 0.2) is 0 Å². The fraction of sp³-hybridized carbons (Fsp3) is 0.333. The molecule has 0 radical (unpaired) electrons. The molecule has 0 saturated carbocycles. The minimum atomic E-state index is -3.57. The van der Waals surface area contributed by atoms with Crippen molar-refractivity contribution in [2.45, 2.75) is 18.6 Å². The molecule has 172 valence electrons. The third-order valence-corrected chi connectivity index (χ3v) is 8.12. The molecule has 11 heteroatoms. The third kappa shape index (κ3) is 5.94. The summed E-state index contributed by atoms with van der Waals surface area (Å²) in [5, 5.41) is 3.67. The Morgan fingerprint density at radius 3 is 2.31 bits per heavy atom. The summed E-state index contributed by atoms with van der Waals surface area (Å²) in [5.74, 6) is -1.41. The minimum absolute atomic E-state index is 0.198. The summed E-state index contributed by atoms with van der Waals surface area (Å²) in [6, 6.07) is 9.17. The number of amides is 1. The average molecular weight is 520 g/mol. The van der Waals surface area contributed by atoms with Crippen molar-refractivity contribution in [2.24, 2.45) is 5.92 Å². The Kier molecular flexibility index (Phi) is 8.06. The Morgan fingerprint density at radius 2 is 1.69 bits per heavy atom. The second-order valence-electron chi connectivity index (χ2n) is 7.35. The Morgan fingerprint density at radius 1 is 1.03 bits per heavy atom. The normalized spacial score (nSPS) is 15.4. The average Bonchev–Trinajstić information content (AvgIpc) is 2.77. The molecule has 1 heterocycles. The number of anilines is 1. The number of hydrogen-bond donors (Lipinski definition) is 1. The lowest BCUT2D eigenvalue weighted by Gasteiger charge is -2.30. The van der Waals surface area contributed by atoms with Gasteiger partial charge in [-0.2, -0.15) is 0 Å². The summed E-state index contributed by atoms with van der Waals surface area (Å²) in [7, 11) is -2.31. The summed E-state index contributed by atoms with van der Waals surface area (Å²) in [6.07, 6.45) is 0.724. The van der Waals surface area contributed by atoms with Crippen molar-refractivity contribution in [3.8, 4) is 0 Å². The molecule has 0 aliphatic carbocycles. The van der Waals surface area contributed by atoms with E-state index in [0.717, 1.165) is 0 Å². The molecule has 1 amide bonds. The maximum atomic E-state index is 12.8. The molecule has 3 rings (SSSR count). The first-order valence-electron chi connectivity index (χ1n) is 9.71. The highest BCUT2D eigenvalue weighted by Gasteiger charge is 2.31. The van der Waals surface area contributed by atoms with E-state index in [2.05, 4.69) is 10.1 Å². The van der Waals surface area contributed by atoms with Crippen LogP contribution in [0.2, 0.25) is 15.1 Å². The van der Waals surface area contributed by atoms with Crippen LogP contribution in [0.4, 0.5) is 5.69 Å². The molecule has 7 nitrogen and oxygen atoms in total. The molecule has 0 spiro atoms. The largest absolute Gasteiger partial charge is 0.465 e. The van der Waals surface area contributed by atoms with Gasteiger partial charge in [-0.05, 0) is 48.7 Å². The van der Waals surface area contributed by atoms with Crippen molar-refractivity contribution in [1.82, 2.24) is 4.31 Å². The van der Waals surface area contributed by atoms with Crippen molar-refractivity contribution in [3.63, 3.8) is 0 Å². The summed E-state index contributed by atoms with van der Waals surface area (Å²) >= 11 is 18.0. The molecule has 1 N–H and O–H groups in total. The SMILES string of the molecule is COC(=O)c1ccc(Cl)c(NC(=O)C2CCN(S(=O)(=O)Cc3ccc(Cl)c(Cl)c3)CC2)c1. The zero-order valence-electron chi connectivity index (χ0n) is 17.1. The highest BCUT2D eigenvalue weighted by molar-refractivity contribution is 7.88. The van der Waals surface area contributed by atoms with Gasteiger partial charge in [-0.15, -0.1) is 0 Å². The highest BCUT2D eigenvalue weighted by atomic mass is 35.5. The van der Waals surface area contributed by atoms with Gasteiger partial charge in [0.2, 0.25) is 15.9 Å². The van der Waals surface area contributed by atoms with Gasteiger partial charge in [-0.3, -0.25) is 4.79 Å². The highest BCUT2D eigenvalue weighted by Crippen LogP contribution is 2.28. The maximum Gasteiger partial charge on any atom is 0.337 e. The molecule has 1 aliphatic rings. The Bertz CT molecular complexity index is 1130. The van der Waals surface area contributed by atoms with Gasteiger partial charge in [0, 0.05) is 19.0 Å². The van der Waals surface area contributed by atoms with E-state index in [4.69, 9.17) is 34.8 Å². The number of carbonyl (C=O) groups is 2. The van der Waals surface area contributed by atoms with E-state index in [-0.39, 0.29) is 41.3 Å². The lowest BCUT2D eigenvalue weighted by atomic mass is 9.97. The van der Waals surface area contributed by atoms with Crippen molar-refractivity contribution < 1.29 is 22.7 Å². The van der Waals surface area contributed by atoms with E-state index in [9.17, 15) is 18.0 Å². The lowest BCUT2D eigenvalue weighted by Crippen LogP contribution is -2.41. The van der Waals surface area contributed by atoms with Crippen molar-refractivity contribution >= 4 is 62.4 Å². The van der Waals surface area contributed by atoms with Gasteiger partial charge in [0.1, 0.15) is 0 Å². The zero-order valence-corrected chi connectivity index (χ0v) is 20.2. The van der Waals surface area contributed by atoms with E-state index in [1.54, 1.807) is 12.1 Å². The van der Waals surface area contributed by atoms with Crippen LogP contribution >= 0.6 is 34.8 Å². The van der Waals surface area contributed by atoms with Crippen molar-refractivity contribution in [1.29, 1.82) is 0 Å². The van der Waals surface area contributed by atoms with Gasteiger partial charge in [0.05, 0.1) is 39.2 Å². The second-order valence-corrected chi connectivity index (χ2v) is 10.5. The minimum Gasteiger partial charge on any atom is -0.465 e. The van der Waals surface area contributed by atoms with Gasteiger partial charge >= 0.3 is 5.97 Å². The quantitative estimate of drug-likeness (QED) is 0.563. The first-order chi connectivity index (χ1) is 15.1. The molecule has 0 unspecified atom stereocenters. The number of hydrogen-bond acceptors (Lipinski definition) is 5. The monoisotopic (exact) mass is 518 g/mol. The predicted molar refractivity (Wildman–Crippen MR) is 125 cm³/mol. The van der Waals surface area contributed by atoms with Crippen LogP contribution in [-0.4, -0.2) is 44.8 Å². The fourth-order valence-electron chi connectivity index (χ4n) is 3.43. The topological polar surface area (TPSA) is 92.8 Å². The van der Waals surface area contributed by atoms with E-state index >= 15 is 0 Å². The van der Waals surface area contributed by atoms with Gasteiger partial charge in [-0.1, -0.05) is 40.9 Å². The number of nitrogens with one attached hydrogen (secondary N) is 1. The number of nitrogens with zero attached hydrogens (tertiary/aromatic N) is 1. The van der Waals surface area contributed by atoms with Crippen molar-refractivity contribution in [3.05, 3.63) is 62.6 Å². The molecule has 32 heavy (non-hydrogen) atoms. The first-order valence-corrected chi connectivity index (χ1v) is 12.5. The molecule has 2 aromatic carbocycles. The molecule has 1 fully saturated rings. The number of esters is 1. The summed E-state index contributed by atoms with van der Waals surface area (Å²) in [4.78, 5) is 24.4. The molecular weight excluding hydrogens is 499 g/mol. The number of ether oxygens (including phenoxy) is 1. The summed E-state index contributed by atoms with van der Waals surface area (Å²) in [5.41, 5.74) is 1.10. The van der Waals surface area contributed by atoms with Crippen LogP contribution in [-0.2, 0) is 25.3 Å². The number of halogens is 3. The molecular formula is C21H21Cl3N2O5S. The Labute approximate surface area is 201 Å².